The maximum Gasteiger partial charge on any atom is 0.433 e. The van der Waals surface area contributed by atoms with Crippen LogP contribution >= 0.6 is 0 Å². The number of ketones is 1. The molecule has 5 nitrogen and oxygen atoms in total. The van der Waals surface area contributed by atoms with Gasteiger partial charge in [0.15, 0.2) is 5.78 Å². The van der Waals surface area contributed by atoms with Crippen LogP contribution in [0.3, 0.4) is 0 Å². The molecule has 0 aromatic heterocycles. The van der Waals surface area contributed by atoms with E-state index < -0.39 is 20.5 Å². The van der Waals surface area contributed by atoms with E-state index in [0.717, 1.165) is 10.6 Å². The number of benzene rings is 2. The zero-order chi connectivity index (χ0) is 21.7. The Bertz CT molecular complexity index is 816. The lowest BCUT2D eigenvalue weighted by Gasteiger charge is -2.40. The monoisotopic (exact) mass is 413 g/mol. The van der Waals surface area contributed by atoms with Crippen molar-refractivity contribution in [1.82, 2.24) is 5.06 Å². The molecule has 0 saturated heterocycles. The molecule has 1 amide bonds. The van der Waals surface area contributed by atoms with Crippen molar-refractivity contribution in [2.24, 2.45) is 0 Å². The highest BCUT2D eigenvalue weighted by Crippen LogP contribution is 2.37. The number of ether oxygens (including phenoxy) is 1. The van der Waals surface area contributed by atoms with Crippen LogP contribution in [0.4, 0.5) is 4.79 Å². The molecule has 29 heavy (non-hydrogen) atoms. The number of hydrogen-bond acceptors (Lipinski definition) is 4. The number of amides is 1. The summed E-state index contributed by atoms with van der Waals surface area (Å²) >= 11 is 0. The third-order valence-corrected chi connectivity index (χ3v) is 9.57. The van der Waals surface area contributed by atoms with Crippen LogP contribution in [0.2, 0.25) is 18.1 Å². The van der Waals surface area contributed by atoms with Crippen molar-refractivity contribution in [2.75, 3.05) is 0 Å². The van der Waals surface area contributed by atoms with Crippen molar-refractivity contribution in [3.05, 3.63) is 71.8 Å². The molecule has 2 aromatic carbocycles. The molecule has 0 aliphatic rings. The number of Topliss-reactive ketones (excluding diaryl/α,β-unsaturated/α-hetero) is 1. The summed E-state index contributed by atoms with van der Waals surface area (Å²) < 4.78 is 11.7. The first-order valence-electron chi connectivity index (χ1n) is 9.81. The summed E-state index contributed by atoms with van der Waals surface area (Å²) in [4.78, 5) is 25.9. The first kappa shape index (κ1) is 22.8. The molecule has 0 saturated carbocycles. The predicted octanol–water partition coefficient (Wildman–Crippen LogP) is 5.83. The number of rotatable bonds is 7. The first-order chi connectivity index (χ1) is 13.5. The summed E-state index contributed by atoms with van der Waals surface area (Å²) in [5.74, 6) is -0.194. The molecule has 0 fully saturated rings. The lowest BCUT2D eigenvalue weighted by atomic mass is 10.1. The molecular weight excluding hydrogens is 382 g/mol. The maximum atomic E-state index is 13.0. The van der Waals surface area contributed by atoms with Crippen molar-refractivity contribution >= 4 is 20.2 Å². The summed E-state index contributed by atoms with van der Waals surface area (Å²) in [7, 11) is -2.38. The van der Waals surface area contributed by atoms with Gasteiger partial charge in [-0.2, -0.15) is 5.06 Å². The fourth-order valence-corrected chi connectivity index (χ4v) is 3.39. The number of carbonyl (C=O) groups is 2. The first-order valence-corrected chi connectivity index (χ1v) is 12.7. The Kier molecular flexibility index (Phi) is 7.38. The molecule has 1 atom stereocenters. The highest BCUT2D eigenvalue weighted by molar-refractivity contribution is 6.74. The van der Waals surface area contributed by atoms with Gasteiger partial charge in [-0.1, -0.05) is 81.4 Å². The van der Waals surface area contributed by atoms with Gasteiger partial charge in [-0.15, -0.1) is 0 Å². The van der Waals surface area contributed by atoms with Crippen LogP contribution in [0.5, 0.6) is 0 Å². The highest BCUT2D eigenvalue weighted by atomic mass is 28.4. The number of hydrogen-bond donors (Lipinski definition) is 0. The minimum absolute atomic E-state index is 0.114. The van der Waals surface area contributed by atoms with E-state index in [2.05, 4.69) is 20.8 Å². The summed E-state index contributed by atoms with van der Waals surface area (Å²) in [6.07, 6.45) is -0.657. The van der Waals surface area contributed by atoms with Gasteiger partial charge in [-0.05, 0) is 30.6 Å². The Labute approximate surface area is 174 Å². The second-order valence-corrected chi connectivity index (χ2v) is 13.3. The smallest absolute Gasteiger partial charge is 0.433 e. The van der Waals surface area contributed by atoms with Crippen LogP contribution < -0.4 is 0 Å². The molecule has 0 aliphatic carbocycles. The Hall–Kier alpha value is -2.44. The molecule has 2 aromatic rings. The summed E-state index contributed by atoms with van der Waals surface area (Å²) in [5, 5.41) is 0.996. The second-order valence-electron chi connectivity index (χ2n) is 8.62. The minimum Gasteiger partial charge on any atom is -0.443 e. The zero-order valence-corrected chi connectivity index (χ0v) is 19.1. The lowest BCUT2D eigenvalue weighted by molar-refractivity contribution is -0.0785. The summed E-state index contributed by atoms with van der Waals surface area (Å²) in [6.45, 7) is 12.1. The fourth-order valence-electron chi connectivity index (χ4n) is 2.39. The van der Waals surface area contributed by atoms with Gasteiger partial charge in [-0.25, -0.2) is 4.79 Å². The SMILES string of the molecule is CC(C(=O)c1ccccc1)N(O[Si](C)(C)C(C)(C)C)C(=O)OCc1ccccc1. The molecule has 156 valence electrons. The Morgan fingerprint density at radius 3 is 2.00 bits per heavy atom. The van der Waals surface area contributed by atoms with Gasteiger partial charge in [0, 0.05) is 5.56 Å². The van der Waals surface area contributed by atoms with Crippen molar-refractivity contribution in [3.63, 3.8) is 0 Å². The van der Waals surface area contributed by atoms with Gasteiger partial charge < -0.3 is 9.26 Å². The van der Waals surface area contributed by atoms with Crippen LogP contribution in [0, 0.1) is 0 Å². The lowest BCUT2D eigenvalue weighted by Crippen LogP contribution is -2.53. The van der Waals surface area contributed by atoms with Gasteiger partial charge in [-0.3, -0.25) is 4.79 Å². The van der Waals surface area contributed by atoms with Crippen LogP contribution in [-0.4, -0.2) is 31.3 Å². The van der Waals surface area contributed by atoms with Gasteiger partial charge in [0.25, 0.3) is 0 Å². The van der Waals surface area contributed by atoms with E-state index in [1.165, 1.54) is 0 Å². The van der Waals surface area contributed by atoms with Crippen LogP contribution in [0.1, 0.15) is 43.6 Å². The van der Waals surface area contributed by atoms with E-state index in [0.29, 0.717) is 5.56 Å². The fraction of sp³-hybridized carbons (Fsp3) is 0.391. The highest BCUT2D eigenvalue weighted by Gasteiger charge is 2.43. The average Bonchev–Trinajstić information content (AvgIpc) is 2.69. The molecule has 6 heteroatoms. The van der Waals surface area contributed by atoms with Crippen LogP contribution in [0.15, 0.2) is 60.7 Å². The number of carbonyl (C=O) groups excluding carboxylic acids is 2. The summed E-state index contributed by atoms with van der Waals surface area (Å²) in [5.41, 5.74) is 1.40. The van der Waals surface area contributed by atoms with Crippen molar-refractivity contribution in [3.8, 4) is 0 Å². The van der Waals surface area contributed by atoms with Gasteiger partial charge in [0.2, 0.25) is 8.32 Å². The third kappa shape index (κ3) is 6.02. The molecular formula is C23H31NO4Si. The van der Waals surface area contributed by atoms with Crippen molar-refractivity contribution in [1.29, 1.82) is 0 Å². The van der Waals surface area contributed by atoms with E-state index in [9.17, 15) is 9.59 Å². The molecule has 0 heterocycles. The average molecular weight is 414 g/mol. The van der Waals surface area contributed by atoms with Crippen LogP contribution in [0.25, 0.3) is 0 Å². The topological polar surface area (TPSA) is 55.8 Å². The molecule has 0 aliphatic heterocycles. The molecule has 2 rings (SSSR count). The number of hydroxylamine groups is 2. The Morgan fingerprint density at radius 2 is 1.48 bits per heavy atom. The Balaban J connectivity index is 2.24. The number of nitrogens with zero attached hydrogens (tertiary/aromatic N) is 1. The molecule has 0 spiro atoms. The van der Waals surface area contributed by atoms with Gasteiger partial charge in [0.1, 0.15) is 12.6 Å². The van der Waals surface area contributed by atoms with Crippen molar-refractivity contribution < 1.29 is 18.9 Å². The normalized spacial score (nSPS) is 12.9. The van der Waals surface area contributed by atoms with Gasteiger partial charge in [0.05, 0.1) is 0 Å². The van der Waals surface area contributed by atoms with E-state index in [1.807, 2.05) is 49.5 Å². The largest absolute Gasteiger partial charge is 0.443 e. The molecule has 1 unspecified atom stereocenters. The molecule has 0 radical (unpaired) electrons. The van der Waals surface area contributed by atoms with E-state index in [1.54, 1.807) is 31.2 Å². The quantitative estimate of drug-likeness (QED) is 0.325. The van der Waals surface area contributed by atoms with Crippen molar-refractivity contribution in [2.45, 2.75) is 58.5 Å². The van der Waals surface area contributed by atoms with E-state index in [-0.39, 0.29) is 17.4 Å². The molecule has 0 N–H and O–H groups in total. The Morgan fingerprint density at radius 1 is 0.966 bits per heavy atom. The van der Waals surface area contributed by atoms with Crippen LogP contribution in [-0.2, 0) is 15.9 Å². The standard InChI is InChI=1S/C23H31NO4Si/c1-18(21(25)20-15-11-8-12-16-20)24(28-29(5,6)23(2,3)4)22(26)27-17-19-13-9-7-10-14-19/h7-16,18H,17H2,1-6H3. The molecule has 0 bridgehead atoms. The predicted molar refractivity (Wildman–Crippen MR) is 117 cm³/mol. The summed E-state index contributed by atoms with van der Waals surface area (Å²) in [6, 6.07) is 17.5. The second kappa shape index (κ2) is 9.37. The van der Waals surface area contributed by atoms with E-state index >= 15 is 0 Å². The minimum atomic E-state index is -2.38. The van der Waals surface area contributed by atoms with Gasteiger partial charge >= 0.3 is 6.09 Å². The zero-order valence-electron chi connectivity index (χ0n) is 18.1. The van der Waals surface area contributed by atoms with E-state index in [4.69, 9.17) is 9.26 Å². The third-order valence-electron chi connectivity index (χ3n) is 5.31. The maximum absolute atomic E-state index is 13.0.